The fraction of sp³-hybridized carbons (Fsp3) is 0.250. The number of hydrogen-bond acceptors (Lipinski definition) is 3. The average Bonchev–Trinajstić information content (AvgIpc) is 3.33. The van der Waals surface area contributed by atoms with Crippen molar-refractivity contribution in [3.05, 3.63) is 65.6 Å². The molecule has 0 atom stereocenters. The molecule has 0 amide bonds. The first kappa shape index (κ1) is 14.6. The van der Waals surface area contributed by atoms with Crippen molar-refractivity contribution in [2.45, 2.75) is 26.3 Å². The van der Waals surface area contributed by atoms with Crippen molar-refractivity contribution < 1.29 is 0 Å². The Balaban J connectivity index is 1.59. The summed E-state index contributed by atoms with van der Waals surface area (Å²) in [5.41, 5.74) is 5.15. The molecule has 4 heteroatoms. The summed E-state index contributed by atoms with van der Waals surface area (Å²) in [6, 6.07) is 12.2. The summed E-state index contributed by atoms with van der Waals surface area (Å²) < 4.78 is 1.82. The van der Waals surface area contributed by atoms with E-state index in [9.17, 15) is 0 Å². The number of rotatable bonds is 3. The summed E-state index contributed by atoms with van der Waals surface area (Å²) in [6.07, 6.45) is 6.25. The lowest BCUT2D eigenvalue weighted by molar-refractivity contribution is 0.639. The van der Waals surface area contributed by atoms with Crippen molar-refractivity contribution in [1.82, 2.24) is 20.0 Å². The van der Waals surface area contributed by atoms with Crippen molar-refractivity contribution in [2.24, 2.45) is 5.92 Å². The number of aryl methyl sites for hydroxylation is 1. The number of hydrogen-bond donors (Lipinski definition) is 0. The Morgan fingerprint density at radius 1 is 1.21 bits per heavy atom. The minimum atomic E-state index is 0.606. The van der Waals surface area contributed by atoms with Crippen molar-refractivity contribution in [3.63, 3.8) is 0 Å². The van der Waals surface area contributed by atoms with Gasteiger partial charge in [-0.15, -0.1) is 5.10 Å². The van der Waals surface area contributed by atoms with Crippen LogP contribution in [0, 0.1) is 24.7 Å². The maximum Gasteiger partial charge on any atom is 0.113 e. The van der Waals surface area contributed by atoms with Crippen LogP contribution in [0.3, 0.4) is 0 Å². The molecule has 0 unspecified atom stereocenters. The summed E-state index contributed by atoms with van der Waals surface area (Å²) in [4.78, 5) is 4.33. The van der Waals surface area contributed by atoms with Crippen molar-refractivity contribution >= 4 is 0 Å². The molecule has 118 valence electrons. The second-order valence-corrected chi connectivity index (χ2v) is 6.20. The molecule has 4 nitrogen and oxygen atoms in total. The molecule has 0 bridgehead atoms. The molecule has 0 N–H and O–H groups in total. The fourth-order valence-electron chi connectivity index (χ4n) is 2.55. The molecule has 2 heterocycles. The van der Waals surface area contributed by atoms with E-state index < -0.39 is 0 Å². The maximum atomic E-state index is 4.33. The molecule has 0 spiro atoms. The van der Waals surface area contributed by atoms with Gasteiger partial charge >= 0.3 is 0 Å². The van der Waals surface area contributed by atoms with Crippen LogP contribution in [0.15, 0.2) is 48.8 Å². The maximum absolute atomic E-state index is 4.33. The van der Waals surface area contributed by atoms with E-state index in [4.69, 9.17) is 0 Å². The molecule has 3 aromatic rings. The predicted octanol–water partition coefficient (Wildman–Crippen LogP) is 3.46. The third-order valence-electron chi connectivity index (χ3n) is 4.10. The molecular formula is C20H18N4. The van der Waals surface area contributed by atoms with Crippen LogP contribution in [0.2, 0.25) is 0 Å². The number of aromatic nitrogens is 4. The Morgan fingerprint density at radius 3 is 2.92 bits per heavy atom. The number of nitrogens with zero attached hydrogens (tertiary/aromatic N) is 4. The van der Waals surface area contributed by atoms with E-state index in [-0.39, 0.29) is 0 Å². The van der Waals surface area contributed by atoms with Crippen LogP contribution in [-0.4, -0.2) is 20.0 Å². The smallest absolute Gasteiger partial charge is 0.113 e. The van der Waals surface area contributed by atoms with E-state index >= 15 is 0 Å². The highest BCUT2D eigenvalue weighted by Gasteiger charge is 2.17. The lowest BCUT2D eigenvalue weighted by Gasteiger charge is -2.03. The first-order chi connectivity index (χ1) is 11.8. The number of pyridine rings is 1. The molecule has 4 rings (SSSR count). The van der Waals surface area contributed by atoms with E-state index in [1.54, 1.807) is 6.20 Å². The molecule has 1 saturated carbocycles. The third kappa shape index (κ3) is 3.36. The first-order valence-electron chi connectivity index (χ1n) is 8.20. The van der Waals surface area contributed by atoms with Gasteiger partial charge in [-0.25, -0.2) is 4.68 Å². The molecule has 1 aliphatic rings. The van der Waals surface area contributed by atoms with Gasteiger partial charge in [0, 0.05) is 23.2 Å². The van der Waals surface area contributed by atoms with Gasteiger partial charge in [0.2, 0.25) is 0 Å². The van der Waals surface area contributed by atoms with Gasteiger partial charge in [-0.1, -0.05) is 29.2 Å². The molecular weight excluding hydrogens is 296 g/mol. The van der Waals surface area contributed by atoms with E-state index in [0.717, 1.165) is 22.5 Å². The van der Waals surface area contributed by atoms with Gasteiger partial charge in [0.05, 0.1) is 18.4 Å². The average molecular weight is 314 g/mol. The summed E-state index contributed by atoms with van der Waals surface area (Å²) in [6.45, 7) is 2.71. The van der Waals surface area contributed by atoms with Crippen LogP contribution < -0.4 is 0 Å². The van der Waals surface area contributed by atoms with Gasteiger partial charge in [-0.2, -0.15) is 0 Å². The van der Waals surface area contributed by atoms with Gasteiger partial charge in [-0.05, 0) is 49.6 Å². The van der Waals surface area contributed by atoms with Crippen molar-refractivity contribution in [2.75, 3.05) is 0 Å². The third-order valence-corrected chi connectivity index (χ3v) is 4.10. The summed E-state index contributed by atoms with van der Waals surface area (Å²) in [5.74, 6) is 7.19. The van der Waals surface area contributed by atoms with E-state index in [1.807, 2.05) is 29.1 Å². The van der Waals surface area contributed by atoms with E-state index in [2.05, 4.69) is 52.3 Å². The summed E-state index contributed by atoms with van der Waals surface area (Å²) >= 11 is 0. The quantitative estimate of drug-likeness (QED) is 0.695. The molecule has 2 aromatic heterocycles. The van der Waals surface area contributed by atoms with Gasteiger partial charge < -0.3 is 0 Å². The van der Waals surface area contributed by atoms with Crippen LogP contribution in [-0.2, 0) is 6.54 Å². The lowest BCUT2D eigenvalue weighted by atomic mass is 10.0. The molecule has 0 radical (unpaired) electrons. The van der Waals surface area contributed by atoms with Crippen molar-refractivity contribution in [1.29, 1.82) is 0 Å². The van der Waals surface area contributed by atoms with Crippen LogP contribution in [0.4, 0.5) is 0 Å². The van der Waals surface area contributed by atoms with Crippen molar-refractivity contribution in [3.8, 4) is 23.1 Å². The Labute approximate surface area is 141 Å². The lowest BCUT2D eigenvalue weighted by Crippen LogP contribution is -2.01. The van der Waals surface area contributed by atoms with Gasteiger partial charge in [0.25, 0.3) is 0 Å². The Hall–Kier alpha value is -2.93. The van der Waals surface area contributed by atoms with E-state index in [0.29, 0.717) is 12.5 Å². The number of benzene rings is 1. The zero-order valence-electron chi connectivity index (χ0n) is 13.6. The minimum absolute atomic E-state index is 0.606. The Kier molecular flexibility index (Phi) is 3.84. The second kappa shape index (κ2) is 6.29. The van der Waals surface area contributed by atoms with E-state index in [1.165, 1.54) is 18.4 Å². The minimum Gasteiger partial charge on any atom is -0.259 e. The van der Waals surface area contributed by atoms with Crippen LogP contribution in [0.1, 0.15) is 29.7 Å². The molecule has 0 aliphatic heterocycles. The standard InChI is InChI=1S/C20H18N4/c1-15-5-6-17(10-9-16-7-8-16)12-19(15)20-14-24(23-22-20)13-18-4-2-3-11-21-18/h2-6,11-12,14,16H,7-8,13H2,1H3. The molecule has 24 heavy (non-hydrogen) atoms. The van der Waals surface area contributed by atoms with Gasteiger partial charge in [0.15, 0.2) is 0 Å². The van der Waals surface area contributed by atoms with Crippen LogP contribution >= 0.6 is 0 Å². The van der Waals surface area contributed by atoms with Crippen LogP contribution in [0.25, 0.3) is 11.3 Å². The van der Waals surface area contributed by atoms with Crippen LogP contribution in [0.5, 0.6) is 0 Å². The van der Waals surface area contributed by atoms with Gasteiger partial charge in [-0.3, -0.25) is 4.98 Å². The molecule has 1 aliphatic carbocycles. The SMILES string of the molecule is Cc1ccc(C#CC2CC2)cc1-c1cn(Cc2ccccn2)nn1. The topological polar surface area (TPSA) is 43.6 Å². The first-order valence-corrected chi connectivity index (χ1v) is 8.20. The Bertz CT molecular complexity index is 912. The predicted molar refractivity (Wildman–Crippen MR) is 93.1 cm³/mol. The normalized spacial score (nSPS) is 13.4. The highest BCUT2D eigenvalue weighted by molar-refractivity contribution is 5.65. The summed E-state index contributed by atoms with van der Waals surface area (Å²) in [7, 11) is 0. The Morgan fingerprint density at radius 2 is 2.12 bits per heavy atom. The molecule has 1 aromatic carbocycles. The molecule has 1 fully saturated rings. The monoisotopic (exact) mass is 314 g/mol. The second-order valence-electron chi connectivity index (χ2n) is 6.20. The fourth-order valence-corrected chi connectivity index (χ4v) is 2.55. The van der Waals surface area contributed by atoms with Gasteiger partial charge in [0.1, 0.15) is 5.69 Å². The highest BCUT2D eigenvalue weighted by Crippen LogP contribution is 2.28. The largest absolute Gasteiger partial charge is 0.259 e. The molecule has 0 saturated heterocycles. The zero-order valence-corrected chi connectivity index (χ0v) is 13.6. The summed E-state index contributed by atoms with van der Waals surface area (Å²) in [5, 5.41) is 8.56. The zero-order chi connectivity index (χ0) is 16.4. The highest BCUT2D eigenvalue weighted by atomic mass is 15.4.